The minimum absolute atomic E-state index is 0.0147. The number of hydrogen-bond acceptors (Lipinski definition) is 4. The molecule has 0 unspecified atom stereocenters. The van der Waals surface area contributed by atoms with Crippen LogP contribution in [-0.4, -0.2) is 29.1 Å². The molecule has 3 rings (SSSR count). The first kappa shape index (κ1) is 14.4. The first-order chi connectivity index (χ1) is 10.6. The van der Waals surface area contributed by atoms with Crippen molar-refractivity contribution in [1.82, 2.24) is 4.98 Å². The third kappa shape index (κ3) is 3.03. The van der Waals surface area contributed by atoms with Gasteiger partial charge in [-0.15, -0.1) is 0 Å². The molecular weight excluding hydrogens is 278 g/mol. The van der Waals surface area contributed by atoms with Crippen molar-refractivity contribution in [2.75, 3.05) is 23.3 Å². The Balaban J connectivity index is 1.71. The third-order valence-corrected chi connectivity index (χ3v) is 3.83. The Kier molecular flexibility index (Phi) is 3.96. The maximum Gasteiger partial charge on any atom is 0.259 e. The Hall–Kier alpha value is -2.56. The van der Waals surface area contributed by atoms with Crippen LogP contribution < -0.4 is 10.2 Å². The van der Waals surface area contributed by atoms with Crippen molar-refractivity contribution in [3.8, 4) is 5.75 Å². The monoisotopic (exact) mass is 297 g/mol. The van der Waals surface area contributed by atoms with Gasteiger partial charge < -0.3 is 15.3 Å². The lowest BCUT2D eigenvalue weighted by Crippen LogP contribution is -2.19. The summed E-state index contributed by atoms with van der Waals surface area (Å²) < 4.78 is 0. The number of aromatic nitrogens is 1. The van der Waals surface area contributed by atoms with Crippen molar-refractivity contribution in [2.24, 2.45) is 0 Å². The summed E-state index contributed by atoms with van der Waals surface area (Å²) >= 11 is 0. The van der Waals surface area contributed by atoms with Crippen LogP contribution in [0.1, 0.15) is 28.8 Å². The molecule has 1 aromatic heterocycles. The Morgan fingerprint density at radius 3 is 2.64 bits per heavy atom. The highest BCUT2D eigenvalue weighted by molar-refractivity contribution is 6.06. The summed E-state index contributed by atoms with van der Waals surface area (Å²) in [5.74, 6) is 0.584. The number of carbonyl (C=O) groups excluding carboxylic acids is 1. The van der Waals surface area contributed by atoms with Gasteiger partial charge in [0, 0.05) is 13.1 Å². The fourth-order valence-electron chi connectivity index (χ4n) is 2.63. The van der Waals surface area contributed by atoms with Crippen molar-refractivity contribution >= 4 is 17.4 Å². The molecule has 0 saturated carbocycles. The molecule has 5 heteroatoms. The number of carbonyl (C=O) groups is 1. The zero-order valence-electron chi connectivity index (χ0n) is 12.5. The van der Waals surface area contributed by atoms with Crippen LogP contribution in [0.15, 0.2) is 36.5 Å². The Labute approximate surface area is 129 Å². The van der Waals surface area contributed by atoms with E-state index in [-0.39, 0.29) is 17.2 Å². The smallest absolute Gasteiger partial charge is 0.259 e. The van der Waals surface area contributed by atoms with E-state index in [2.05, 4.69) is 15.2 Å². The minimum Gasteiger partial charge on any atom is -0.507 e. The predicted octanol–water partition coefficient (Wildman–Crippen LogP) is 2.95. The second-order valence-corrected chi connectivity index (χ2v) is 5.57. The maximum absolute atomic E-state index is 12.2. The van der Waals surface area contributed by atoms with E-state index < -0.39 is 0 Å². The molecule has 1 aliphatic rings. The number of phenolic OH excluding ortho intramolecular Hbond substituents is 1. The average Bonchev–Trinajstić information content (AvgIpc) is 3.02. The van der Waals surface area contributed by atoms with Gasteiger partial charge in [0.05, 0.1) is 17.4 Å². The van der Waals surface area contributed by atoms with Crippen LogP contribution in [-0.2, 0) is 0 Å². The van der Waals surface area contributed by atoms with E-state index in [0.29, 0.717) is 5.69 Å². The predicted molar refractivity (Wildman–Crippen MR) is 86.5 cm³/mol. The van der Waals surface area contributed by atoms with Crippen LogP contribution in [0.2, 0.25) is 0 Å². The zero-order chi connectivity index (χ0) is 15.5. The zero-order valence-corrected chi connectivity index (χ0v) is 12.5. The van der Waals surface area contributed by atoms with Crippen LogP contribution >= 0.6 is 0 Å². The van der Waals surface area contributed by atoms with Gasteiger partial charge >= 0.3 is 0 Å². The Bertz CT molecular complexity index is 677. The molecule has 1 fully saturated rings. The van der Waals surface area contributed by atoms with Crippen LogP contribution in [0.25, 0.3) is 0 Å². The maximum atomic E-state index is 12.2. The number of aryl methyl sites for hydroxylation is 1. The lowest BCUT2D eigenvalue weighted by molar-refractivity contribution is 0.102. The summed E-state index contributed by atoms with van der Waals surface area (Å²) in [6, 6.07) is 8.73. The van der Waals surface area contributed by atoms with Gasteiger partial charge in [-0.05, 0) is 49.6 Å². The number of nitrogens with zero attached hydrogens (tertiary/aromatic N) is 2. The molecule has 2 aromatic rings. The summed E-state index contributed by atoms with van der Waals surface area (Å²) in [6.45, 7) is 3.94. The highest BCUT2D eigenvalue weighted by Gasteiger charge is 2.14. The fraction of sp³-hybridized carbons (Fsp3) is 0.294. The highest BCUT2D eigenvalue weighted by Crippen LogP contribution is 2.22. The second-order valence-electron chi connectivity index (χ2n) is 5.57. The summed E-state index contributed by atoms with van der Waals surface area (Å²) in [5, 5.41) is 12.6. The van der Waals surface area contributed by atoms with Gasteiger partial charge in [0.1, 0.15) is 11.6 Å². The van der Waals surface area contributed by atoms with Crippen LogP contribution in [0.3, 0.4) is 0 Å². The topological polar surface area (TPSA) is 65.5 Å². The van der Waals surface area contributed by atoms with Gasteiger partial charge in [-0.3, -0.25) is 4.79 Å². The van der Waals surface area contributed by atoms with Crippen molar-refractivity contribution < 1.29 is 9.90 Å². The average molecular weight is 297 g/mol. The number of amides is 1. The first-order valence-electron chi connectivity index (χ1n) is 7.45. The summed E-state index contributed by atoms with van der Waals surface area (Å²) in [4.78, 5) is 18.8. The molecule has 0 spiro atoms. The lowest BCUT2D eigenvalue weighted by Gasteiger charge is -2.16. The number of aromatic hydroxyl groups is 1. The van der Waals surface area contributed by atoms with Gasteiger partial charge in [0.15, 0.2) is 0 Å². The van der Waals surface area contributed by atoms with Gasteiger partial charge in [-0.2, -0.15) is 0 Å². The summed E-state index contributed by atoms with van der Waals surface area (Å²) in [5.41, 5.74) is 1.79. The van der Waals surface area contributed by atoms with E-state index in [0.717, 1.165) is 24.5 Å². The minimum atomic E-state index is -0.340. The molecule has 2 N–H and O–H groups in total. The quantitative estimate of drug-likeness (QED) is 0.914. The van der Waals surface area contributed by atoms with E-state index in [1.54, 1.807) is 24.4 Å². The molecule has 22 heavy (non-hydrogen) atoms. The van der Waals surface area contributed by atoms with E-state index in [9.17, 15) is 9.90 Å². The first-order valence-corrected chi connectivity index (χ1v) is 7.45. The van der Waals surface area contributed by atoms with Crippen LogP contribution in [0.4, 0.5) is 11.5 Å². The number of benzene rings is 1. The largest absolute Gasteiger partial charge is 0.507 e. The summed E-state index contributed by atoms with van der Waals surface area (Å²) in [7, 11) is 0. The number of hydrogen-bond donors (Lipinski definition) is 2. The second kappa shape index (κ2) is 6.05. The van der Waals surface area contributed by atoms with Gasteiger partial charge in [0.25, 0.3) is 5.91 Å². The molecule has 0 aliphatic carbocycles. The van der Waals surface area contributed by atoms with E-state index in [1.807, 2.05) is 19.1 Å². The van der Waals surface area contributed by atoms with Crippen LogP contribution in [0, 0.1) is 6.92 Å². The molecule has 5 nitrogen and oxygen atoms in total. The molecule has 1 amide bonds. The normalized spacial score (nSPS) is 14.1. The molecule has 0 radical (unpaired) electrons. The molecule has 1 saturated heterocycles. The van der Waals surface area contributed by atoms with Crippen molar-refractivity contribution in [3.63, 3.8) is 0 Å². The van der Waals surface area contributed by atoms with Crippen LogP contribution in [0.5, 0.6) is 5.75 Å². The van der Waals surface area contributed by atoms with Crippen molar-refractivity contribution in [2.45, 2.75) is 19.8 Å². The van der Waals surface area contributed by atoms with Gasteiger partial charge in [-0.25, -0.2) is 4.98 Å². The number of nitrogens with one attached hydrogen (secondary N) is 1. The van der Waals surface area contributed by atoms with E-state index in [1.165, 1.54) is 12.8 Å². The molecule has 1 aromatic carbocycles. The van der Waals surface area contributed by atoms with Crippen molar-refractivity contribution in [3.05, 3.63) is 47.7 Å². The molecule has 2 heterocycles. The molecular formula is C17H19N3O2. The SMILES string of the molecule is Cc1ccc(C(=O)Nc2ccc(N3CCCC3)nc2)c(O)c1. The third-order valence-electron chi connectivity index (χ3n) is 3.83. The van der Waals surface area contributed by atoms with Gasteiger partial charge in [-0.1, -0.05) is 6.07 Å². The standard InChI is InChI=1S/C17H19N3O2/c1-12-4-6-14(15(21)10-12)17(22)19-13-5-7-16(18-11-13)20-8-2-3-9-20/h4-7,10-11,21H,2-3,8-9H2,1H3,(H,19,22). The number of rotatable bonds is 3. The van der Waals surface area contributed by atoms with E-state index in [4.69, 9.17) is 0 Å². The molecule has 0 atom stereocenters. The highest BCUT2D eigenvalue weighted by atomic mass is 16.3. The molecule has 0 bridgehead atoms. The fourth-order valence-corrected chi connectivity index (χ4v) is 2.63. The number of phenols is 1. The molecule has 1 aliphatic heterocycles. The number of pyridine rings is 1. The molecule has 114 valence electrons. The Morgan fingerprint density at radius 2 is 2.00 bits per heavy atom. The Morgan fingerprint density at radius 1 is 1.23 bits per heavy atom. The summed E-state index contributed by atoms with van der Waals surface area (Å²) in [6.07, 6.45) is 4.05. The van der Waals surface area contributed by atoms with Gasteiger partial charge in [0.2, 0.25) is 0 Å². The van der Waals surface area contributed by atoms with Crippen molar-refractivity contribution in [1.29, 1.82) is 0 Å². The lowest BCUT2D eigenvalue weighted by atomic mass is 10.1. The van der Waals surface area contributed by atoms with E-state index >= 15 is 0 Å². The number of anilines is 2.